The molecule has 3 nitrogen and oxygen atoms in total. The lowest BCUT2D eigenvalue weighted by atomic mass is 10.2. The molecule has 2 rings (SSSR count). The average Bonchev–Trinajstić information content (AvgIpc) is 2.30. The topological polar surface area (TPSA) is 38.5 Å². The highest BCUT2D eigenvalue weighted by Crippen LogP contribution is 2.20. The number of rotatable bonds is 2. The average molecular weight is 227 g/mol. The Morgan fingerprint density at radius 3 is 2.80 bits per heavy atom. The minimum atomic E-state index is 0.148. The van der Waals surface area contributed by atoms with E-state index in [1.54, 1.807) is 0 Å². The van der Waals surface area contributed by atoms with Crippen LogP contribution < -0.4 is 10.6 Å². The van der Waals surface area contributed by atoms with Gasteiger partial charge in [0.05, 0.1) is 12.7 Å². The van der Waals surface area contributed by atoms with E-state index in [0.29, 0.717) is 6.54 Å². The van der Waals surface area contributed by atoms with Crippen molar-refractivity contribution in [1.29, 1.82) is 0 Å². The molecule has 0 aromatic heterocycles. The highest BCUT2D eigenvalue weighted by atomic mass is 35.5. The number of anilines is 1. The van der Waals surface area contributed by atoms with Gasteiger partial charge in [-0.25, -0.2) is 0 Å². The van der Waals surface area contributed by atoms with E-state index < -0.39 is 0 Å². The predicted octanol–water partition coefficient (Wildman–Crippen LogP) is 1.50. The van der Waals surface area contributed by atoms with Gasteiger partial charge < -0.3 is 15.4 Å². The standard InChI is InChI=1S/C11H15ClN2O/c12-9-1-3-10(4-2-9)14-5-6-15-11(7-13)8-14/h1-4,11H,5-8,13H2/t11-/m0/s1. The van der Waals surface area contributed by atoms with Crippen molar-refractivity contribution in [3.8, 4) is 0 Å². The summed E-state index contributed by atoms with van der Waals surface area (Å²) in [6, 6.07) is 7.87. The summed E-state index contributed by atoms with van der Waals surface area (Å²) in [7, 11) is 0. The molecule has 0 bridgehead atoms. The molecule has 15 heavy (non-hydrogen) atoms. The molecule has 1 aromatic carbocycles. The van der Waals surface area contributed by atoms with Crippen molar-refractivity contribution in [3.63, 3.8) is 0 Å². The zero-order valence-electron chi connectivity index (χ0n) is 8.53. The number of benzene rings is 1. The molecule has 1 fully saturated rings. The fraction of sp³-hybridized carbons (Fsp3) is 0.455. The summed E-state index contributed by atoms with van der Waals surface area (Å²) in [6.07, 6.45) is 0.148. The van der Waals surface area contributed by atoms with Gasteiger partial charge in [0.25, 0.3) is 0 Å². The number of nitrogens with zero attached hydrogens (tertiary/aromatic N) is 1. The number of ether oxygens (including phenoxy) is 1. The lowest BCUT2D eigenvalue weighted by Crippen LogP contribution is -2.45. The molecule has 82 valence electrons. The van der Waals surface area contributed by atoms with Gasteiger partial charge in [-0.05, 0) is 24.3 Å². The van der Waals surface area contributed by atoms with Crippen LogP contribution in [0.2, 0.25) is 5.02 Å². The molecule has 1 aromatic rings. The summed E-state index contributed by atoms with van der Waals surface area (Å²) < 4.78 is 5.51. The van der Waals surface area contributed by atoms with Crippen molar-refractivity contribution in [2.75, 3.05) is 31.1 Å². The highest BCUT2D eigenvalue weighted by Gasteiger charge is 2.19. The number of morpholine rings is 1. The van der Waals surface area contributed by atoms with E-state index in [4.69, 9.17) is 22.1 Å². The van der Waals surface area contributed by atoms with E-state index >= 15 is 0 Å². The first-order valence-electron chi connectivity index (χ1n) is 5.12. The Bertz CT molecular complexity index is 315. The zero-order valence-corrected chi connectivity index (χ0v) is 9.28. The minimum Gasteiger partial charge on any atom is -0.373 e. The van der Waals surface area contributed by atoms with Gasteiger partial charge in [-0.2, -0.15) is 0 Å². The molecule has 0 unspecified atom stereocenters. The van der Waals surface area contributed by atoms with E-state index in [0.717, 1.165) is 24.7 Å². The van der Waals surface area contributed by atoms with E-state index in [1.807, 2.05) is 24.3 Å². The molecular formula is C11H15ClN2O. The Hall–Kier alpha value is -0.770. The van der Waals surface area contributed by atoms with Gasteiger partial charge in [-0.1, -0.05) is 11.6 Å². The third-order valence-electron chi connectivity index (χ3n) is 2.59. The highest BCUT2D eigenvalue weighted by molar-refractivity contribution is 6.30. The van der Waals surface area contributed by atoms with Crippen molar-refractivity contribution < 1.29 is 4.74 Å². The van der Waals surface area contributed by atoms with Crippen LogP contribution in [-0.2, 0) is 4.74 Å². The molecule has 1 aliphatic rings. The molecule has 0 amide bonds. The predicted molar refractivity (Wildman–Crippen MR) is 62.5 cm³/mol. The number of hydrogen-bond donors (Lipinski definition) is 1. The van der Waals surface area contributed by atoms with E-state index in [1.165, 1.54) is 5.69 Å². The van der Waals surface area contributed by atoms with Crippen molar-refractivity contribution in [2.24, 2.45) is 5.73 Å². The van der Waals surface area contributed by atoms with Crippen LogP contribution in [0.15, 0.2) is 24.3 Å². The fourth-order valence-electron chi connectivity index (χ4n) is 1.75. The van der Waals surface area contributed by atoms with Crippen LogP contribution in [0.5, 0.6) is 0 Å². The number of nitrogens with two attached hydrogens (primary N) is 1. The monoisotopic (exact) mass is 226 g/mol. The molecule has 1 aliphatic heterocycles. The molecule has 2 N–H and O–H groups in total. The molecule has 1 saturated heterocycles. The van der Waals surface area contributed by atoms with Crippen LogP contribution in [0.25, 0.3) is 0 Å². The Labute approximate surface area is 94.8 Å². The second-order valence-electron chi connectivity index (χ2n) is 3.65. The SMILES string of the molecule is NC[C@H]1CN(c2ccc(Cl)cc2)CCO1. The molecule has 1 heterocycles. The van der Waals surface area contributed by atoms with Crippen LogP contribution in [0.3, 0.4) is 0 Å². The first kappa shape index (κ1) is 10.7. The second-order valence-corrected chi connectivity index (χ2v) is 4.09. The Kier molecular flexibility index (Phi) is 3.46. The zero-order chi connectivity index (χ0) is 10.7. The van der Waals surface area contributed by atoms with Crippen molar-refractivity contribution in [3.05, 3.63) is 29.3 Å². The normalized spacial score (nSPS) is 21.7. The summed E-state index contributed by atoms with van der Waals surface area (Å²) in [4.78, 5) is 2.28. The van der Waals surface area contributed by atoms with Crippen molar-refractivity contribution in [1.82, 2.24) is 0 Å². The molecule has 0 radical (unpaired) electrons. The van der Waals surface area contributed by atoms with Gasteiger partial charge in [0.2, 0.25) is 0 Å². The molecule has 1 atom stereocenters. The van der Waals surface area contributed by atoms with Crippen molar-refractivity contribution in [2.45, 2.75) is 6.10 Å². The molecule has 0 saturated carbocycles. The van der Waals surface area contributed by atoms with Crippen LogP contribution in [0.1, 0.15) is 0 Å². The first-order chi connectivity index (χ1) is 7.29. The van der Waals surface area contributed by atoms with Gasteiger partial charge in [0, 0.05) is 30.3 Å². The minimum absolute atomic E-state index is 0.148. The quantitative estimate of drug-likeness (QED) is 0.831. The van der Waals surface area contributed by atoms with Crippen LogP contribution in [-0.4, -0.2) is 32.3 Å². The summed E-state index contributed by atoms with van der Waals surface area (Å²) >= 11 is 5.84. The van der Waals surface area contributed by atoms with Crippen molar-refractivity contribution >= 4 is 17.3 Å². The summed E-state index contributed by atoms with van der Waals surface area (Å²) in [5.41, 5.74) is 6.78. The van der Waals surface area contributed by atoms with E-state index in [-0.39, 0.29) is 6.10 Å². The third-order valence-corrected chi connectivity index (χ3v) is 2.85. The lowest BCUT2D eigenvalue weighted by Gasteiger charge is -2.34. The molecule has 0 spiro atoms. The smallest absolute Gasteiger partial charge is 0.0872 e. The van der Waals surface area contributed by atoms with E-state index in [2.05, 4.69) is 4.90 Å². The maximum Gasteiger partial charge on any atom is 0.0872 e. The van der Waals surface area contributed by atoms with Crippen LogP contribution >= 0.6 is 11.6 Å². The third kappa shape index (κ3) is 2.62. The lowest BCUT2D eigenvalue weighted by molar-refractivity contribution is 0.0466. The van der Waals surface area contributed by atoms with Gasteiger partial charge in [-0.15, -0.1) is 0 Å². The fourth-order valence-corrected chi connectivity index (χ4v) is 1.87. The van der Waals surface area contributed by atoms with Gasteiger partial charge in [-0.3, -0.25) is 0 Å². The summed E-state index contributed by atoms with van der Waals surface area (Å²) in [5.74, 6) is 0. The van der Waals surface area contributed by atoms with Gasteiger partial charge in [0.1, 0.15) is 0 Å². The summed E-state index contributed by atoms with van der Waals surface area (Å²) in [5, 5.41) is 0.766. The molecule has 4 heteroatoms. The Balaban J connectivity index is 2.06. The number of halogens is 1. The number of hydrogen-bond acceptors (Lipinski definition) is 3. The Morgan fingerprint density at radius 1 is 1.40 bits per heavy atom. The van der Waals surface area contributed by atoms with Crippen LogP contribution in [0.4, 0.5) is 5.69 Å². The second kappa shape index (κ2) is 4.84. The first-order valence-corrected chi connectivity index (χ1v) is 5.49. The molecule has 0 aliphatic carbocycles. The van der Waals surface area contributed by atoms with Gasteiger partial charge in [0.15, 0.2) is 0 Å². The molecular weight excluding hydrogens is 212 g/mol. The largest absolute Gasteiger partial charge is 0.373 e. The maximum atomic E-state index is 5.84. The van der Waals surface area contributed by atoms with Crippen LogP contribution in [0, 0.1) is 0 Å². The van der Waals surface area contributed by atoms with E-state index in [9.17, 15) is 0 Å². The summed E-state index contributed by atoms with van der Waals surface area (Å²) in [6.45, 7) is 3.09. The maximum absolute atomic E-state index is 5.84. The Morgan fingerprint density at radius 2 is 2.13 bits per heavy atom. The van der Waals surface area contributed by atoms with Gasteiger partial charge >= 0.3 is 0 Å².